The summed E-state index contributed by atoms with van der Waals surface area (Å²) in [6, 6.07) is 8.17. The Labute approximate surface area is 154 Å². The molecule has 1 aliphatic heterocycles. The van der Waals surface area contributed by atoms with Crippen LogP contribution in [0.1, 0.15) is 18.7 Å². The molecule has 2 aromatic rings. The van der Waals surface area contributed by atoms with Crippen molar-refractivity contribution in [2.24, 2.45) is 10.9 Å². The minimum absolute atomic E-state index is 0.179. The van der Waals surface area contributed by atoms with Crippen LogP contribution in [0.3, 0.4) is 0 Å². The monoisotopic (exact) mass is 377 g/mol. The SMILES string of the molecule is CN=C(NCCCn1c(C)nc2ccccc21)NCC1CCS(=O)(=O)C1. The second-order valence-electron chi connectivity index (χ2n) is 6.80. The maximum atomic E-state index is 11.5. The highest BCUT2D eigenvalue weighted by Crippen LogP contribution is 2.17. The van der Waals surface area contributed by atoms with Gasteiger partial charge in [0.1, 0.15) is 5.82 Å². The Kier molecular flexibility index (Phi) is 5.80. The lowest BCUT2D eigenvalue weighted by Gasteiger charge is -2.15. The number of hydrogen-bond acceptors (Lipinski definition) is 4. The predicted octanol–water partition coefficient (Wildman–Crippen LogP) is 1.33. The molecular weight excluding hydrogens is 350 g/mol. The standard InChI is InChI=1S/C18H27N5O2S/c1-14-22-16-6-3-4-7-17(16)23(14)10-5-9-20-18(19-2)21-12-15-8-11-26(24,25)13-15/h3-4,6-7,15H,5,8-13H2,1-2H3,(H2,19,20,21). The Hall–Kier alpha value is -2.09. The zero-order chi connectivity index (χ0) is 18.6. The average Bonchev–Trinajstić information content (AvgIpc) is 3.13. The van der Waals surface area contributed by atoms with E-state index in [-0.39, 0.29) is 11.7 Å². The van der Waals surface area contributed by atoms with Gasteiger partial charge in [-0.25, -0.2) is 13.4 Å². The van der Waals surface area contributed by atoms with E-state index in [1.807, 2.05) is 25.1 Å². The van der Waals surface area contributed by atoms with Crippen LogP contribution in [-0.4, -0.2) is 55.6 Å². The summed E-state index contributed by atoms with van der Waals surface area (Å²) in [6.07, 6.45) is 1.68. The summed E-state index contributed by atoms with van der Waals surface area (Å²) in [5.41, 5.74) is 2.19. The van der Waals surface area contributed by atoms with Gasteiger partial charge in [-0.2, -0.15) is 0 Å². The number of aliphatic imine (C=N–C) groups is 1. The number of aryl methyl sites for hydroxylation is 2. The van der Waals surface area contributed by atoms with Gasteiger partial charge >= 0.3 is 0 Å². The van der Waals surface area contributed by atoms with E-state index in [0.717, 1.165) is 48.7 Å². The molecule has 7 nitrogen and oxygen atoms in total. The Morgan fingerprint density at radius 3 is 2.88 bits per heavy atom. The molecule has 142 valence electrons. The van der Waals surface area contributed by atoms with Crippen molar-refractivity contribution in [3.05, 3.63) is 30.1 Å². The Balaban J connectivity index is 1.44. The topological polar surface area (TPSA) is 88.4 Å². The summed E-state index contributed by atoms with van der Waals surface area (Å²) < 4.78 is 25.3. The highest BCUT2D eigenvalue weighted by atomic mass is 32.2. The van der Waals surface area contributed by atoms with Crippen molar-refractivity contribution in [1.29, 1.82) is 0 Å². The minimum atomic E-state index is -2.83. The lowest BCUT2D eigenvalue weighted by atomic mass is 10.1. The zero-order valence-corrected chi connectivity index (χ0v) is 16.2. The summed E-state index contributed by atoms with van der Waals surface area (Å²) in [4.78, 5) is 8.80. The van der Waals surface area contributed by atoms with Gasteiger partial charge in [0.05, 0.1) is 22.5 Å². The quantitative estimate of drug-likeness (QED) is 0.450. The van der Waals surface area contributed by atoms with Crippen LogP contribution < -0.4 is 10.6 Å². The number of nitrogens with one attached hydrogen (secondary N) is 2. The fourth-order valence-electron chi connectivity index (χ4n) is 3.42. The van der Waals surface area contributed by atoms with E-state index in [2.05, 4.69) is 31.2 Å². The number of fused-ring (bicyclic) bond motifs is 1. The third-order valence-electron chi connectivity index (χ3n) is 4.80. The number of rotatable bonds is 6. The Bertz CT molecular complexity index is 888. The van der Waals surface area contributed by atoms with Crippen LogP contribution in [-0.2, 0) is 16.4 Å². The number of aromatic nitrogens is 2. The molecule has 1 aromatic heterocycles. The van der Waals surface area contributed by atoms with Gasteiger partial charge in [0.15, 0.2) is 15.8 Å². The van der Waals surface area contributed by atoms with Gasteiger partial charge in [-0.3, -0.25) is 4.99 Å². The van der Waals surface area contributed by atoms with Crippen molar-refractivity contribution in [2.75, 3.05) is 31.6 Å². The van der Waals surface area contributed by atoms with Gasteiger partial charge in [0.25, 0.3) is 0 Å². The Morgan fingerprint density at radius 2 is 2.15 bits per heavy atom. The Morgan fingerprint density at radius 1 is 1.35 bits per heavy atom. The van der Waals surface area contributed by atoms with Crippen LogP contribution in [0.2, 0.25) is 0 Å². The van der Waals surface area contributed by atoms with Crippen molar-refractivity contribution in [2.45, 2.75) is 26.3 Å². The number of imidazole rings is 1. The third-order valence-corrected chi connectivity index (χ3v) is 6.64. The highest BCUT2D eigenvalue weighted by molar-refractivity contribution is 7.91. The molecule has 2 N–H and O–H groups in total. The van der Waals surface area contributed by atoms with Crippen molar-refractivity contribution < 1.29 is 8.42 Å². The van der Waals surface area contributed by atoms with Crippen LogP contribution in [0.5, 0.6) is 0 Å². The number of para-hydroxylation sites is 2. The van der Waals surface area contributed by atoms with Gasteiger partial charge in [-0.05, 0) is 37.8 Å². The first kappa shape index (κ1) is 18.7. The highest BCUT2D eigenvalue weighted by Gasteiger charge is 2.27. The van der Waals surface area contributed by atoms with E-state index in [4.69, 9.17) is 0 Å². The molecule has 0 aliphatic carbocycles. The van der Waals surface area contributed by atoms with E-state index in [1.54, 1.807) is 7.05 Å². The molecule has 0 saturated carbocycles. The molecule has 0 amide bonds. The first-order valence-corrected chi connectivity index (χ1v) is 10.9. The fraction of sp³-hybridized carbons (Fsp3) is 0.556. The molecule has 2 heterocycles. The molecular formula is C18H27N5O2S. The van der Waals surface area contributed by atoms with Crippen LogP contribution >= 0.6 is 0 Å². The second-order valence-corrected chi connectivity index (χ2v) is 9.03. The maximum absolute atomic E-state index is 11.5. The van der Waals surface area contributed by atoms with Crippen molar-refractivity contribution >= 4 is 26.8 Å². The van der Waals surface area contributed by atoms with Crippen LogP contribution in [0.15, 0.2) is 29.3 Å². The van der Waals surface area contributed by atoms with Crippen molar-refractivity contribution in [1.82, 2.24) is 20.2 Å². The number of benzene rings is 1. The van der Waals surface area contributed by atoms with Crippen LogP contribution in [0.25, 0.3) is 11.0 Å². The smallest absolute Gasteiger partial charge is 0.190 e. The summed E-state index contributed by atoms with van der Waals surface area (Å²) in [5.74, 6) is 2.52. The lowest BCUT2D eigenvalue weighted by Crippen LogP contribution is -2.40. The number of sulfone groups is 1. The third kappa shape index (κ3) is 4.55. The largest absolute Gasteiger partial charge is 0.356 e. The predicted molar refractivity (Wildman–Crippen MR) is 105 cm³/mol. The van der Waals surface area contributed by atoms with Crippen LogP contribution in [0, 0.1) is 12.8 Å². The molecule has 3 rings (SSSR count). The van der Waals surface area contributed by atoms with Crippen molar-refractivity contribution in [3.8, 4) is 0 Å². The van der Waals surface area contributed by atoms with Gasteiger partial charge in [-0.15, -0.1) is 0 Å². The molecule has 1 aliphatic rings. The first-order valence-electron chi connectivity index (χ1n) is 9.05. The summed E-state index contributed by atoms with van der Waals surface area (Å²) in [7, 11) is -1.10. The molecule has 1 atom stereocenters. The lowest BCUT2D eigenvalue weighted by molar-refractivity contribution is 0.563. The number of guanidine groups is 1. The summed E-state index contributed by atoms with van der Waals surface area (Å²) in [5, 5.41) is 6.54. The van der Waals surface area contributed by atoms with Gasteiger partial charge in [-0.1, -0.05) is 12.1 Å². The molecule has 1 unspecified atom stereocenters. The van der Waals surface area contributed by atoms with Crippen LogP contribution in [0.4, 0.5) is 0 Å². The number of hydrogen-bond donors (Lipinski definition) is 2. The van der Waals surface area contributed by atoms with Gasteiger partial charge in [0, 0.05) is 26.7 Å². The molecule has 26 heavy (non-hydrogen) atoms. The average molecular weight is 378 g/mol. The van der Waals surface area contributed by atoms with Gasteiger partial charge < -0.3 is 15.2 Å². The summed E-state index contributed by atoms with van der Waals surface area (Å²) in [6.45, 7) is 4.35. The molecule has 0 bridgehead atoms. The molecule has 1 aromatic carbocycles. The van der Waals surface area contributed by atoms with E-state index >= 15 is 0 Å². The van der Waals surface area contributed by atoms with E-state index in [1.165, 1.54) is 0 Å². The summed E-state index contributed by atoms with van der Waals surface area (Å²) >= 11 is 0. The van der Waals surface area contributed by atoms with Crippen molar-refractivity contribution in [3.63, 3.8) is 0 Å². The molecule has 1 saturated heterocycles. The normalized spacial score (nSPS) is 19.8. The second kappa shape index (κ2) is 8.07. The molecule has 0 spiro atoms. The van der Waals surface area contributed by atoms with E-state index in [9.17, 15) is 8.42 Å². The molecule has 0 radical (unpaired) electrons. The van der Waals surface area contributed by atoms with E-state index in [0.29, 0.717) is 12.3 Å². The zero-order valence-electron chi connectivity index (χ0n) is 15.4. The van der Waals surface area contributed by atoms with E-state index < -0.39 is 9.84 Å². The first-order chi connectivity index (χ1) is 12.5. The maximum Gasteiger partial charge on any atom is 0.190 e. The number of nitrogens with zero attached hydrogens (tertiary/aromatic N) is 3. The minimum Gasteiger partial charge on any atom is -0.356 e. The molecule has 1 fully saturated rings. The van der Waals surface area contributed by atoms with Gasteiger partial charge in [0.2, 0.25) is 0 Å². The fourth-order valence-corrected chi connectivity index (χ4v) is 5.28. The molecule has 8 heteroatoms.